The minimum absolute atomic E-state index is 0.198. The van der Waals surface area contributed by atoms with Gasteiger partial charge in [0.25, 0.3) is 0 Å². The van der Waals surface area contributed by atoms with Crippen LogP contribution in [0.5, 0.6) is 5.75 Å². The number of hydrogen-bond donors (Lipinski definition) is 2. The zero-order chi connectivity index (χ0) is 21.2. The molecule has 0 radical (unpaired) electrons. The maximum absolute atomic E-state index is 11.8. The second kappa shape index (κ2) is 11.1. The van der Waals surface area contributed by atoms with Crippen molar-refractivity contribution in [2.45, 2.75) is 39.0 Å². The van der Waals surface area contributed by atoms with Crippen molar-refractivity contribution in [3.63, 3.8) is 0 Å². The smallest absolute Gasteiger partial charge is 0.409 e. The fourth-order valence-corrected chi connectivity index (χ4v) is 3.36. The first-order valence-corrected chi connectivity index (χ1v) is 10.4. The molecule has 1 amide bonds. The van der Waals surface area contributed by atoms with Gasteiger partial charge in [-0.3, -0.25) is 0 Å². The highest BCUT2D eigenvalue weighted by atomic mass is 16.6. The first kappa shape index (κ1) is 21.5. The summed E-state index contributed by atoms with van der Waals surface area (Å²) < 4.78 is 11.0. The van der Waals surface area contributed by atoms with Crippen molar-refractivity contribution in [3.8, 4) is 5.75 Å². The van der Waals surface area contributed by atoms with Crippen LogP contribution in [-0.4, -0.2) is 42.7 Å². The molecule has 0 atom stereocenters. The Morgan fingerprint density at radius 2 is 1.83 bits per heavy atom. The third kappa shape index (κ3) is 6.40. The predicted octanol–water partition coefficient (Wildman–Crippen LogP) is 3.29. The van der Waals surface area contributed by atoms with Crippen molar-refractivity contribution in [2.24, 2.45) is 10.7 Å². The third-order valence-corrected chi connectivity index (χ3v) is 5.00. The maximum Gasteiger partial charge on any atom is 0.409 e. The van der Waals surface area contributed by atoms with Crippen molar-refractivity contribution in [3.05, 3.63) is 65.7 Å². The molecule has 3 rings (SSSR count). The molecule has 30 heavy (non-hydrogen) atoms. The van der Waals surface area contributed by atoms with Gasteiger partial charge in [-0.25, -0.2) is 9.79 Å². The molecular formula is C23H30N4O3. The lowest BCUT2D eigenvalue weighted by molar-refractivity contribution is 0.0963. The van der Waals surface area contributed by atoms with Crippen molar-refractivity contribution in [1.29, 1.82) is 0 Å². The van der Waals surface area contributed by atoms with E-state index in [2.05, 4.69) is 10.3 Å². The molecule has 160 valence electrons. The highest BCUT2D eigenvalue weighted by Crippen LogP contribution is 2.20. The highest BCUT2D eigenvalue weighted by molar-refractivity contribution is 5.78. The molecule has 1 aliphatic rings. The predicted molar refractivity (Wildman–Crippen MR) is 117 cm³/mol. The van der Waals surface area contributed by atoms with Gasteiger partial charge in [0.2, 0.25) is 0 Å². The van der Waals surface area contributed by atoms with Crippen molar-refractivity contribution in [1.82, 2.24) is 10.2 Å². The zero-order valence-corrected chi connectivity index (χ0v) is 17.4. The van der Waals surface area contributed by atoms with E-state index >= 15 is 0 Å². The fraction of sp³-hybridized carbons (Fsp3) is 0.391. The summed E-state index contributed by atoms with van der Waals surface area (Å²) in [5, 5.41) is 3.27. The minimum Gasteiger partial charge on any atom is -0.489 e. The van der Waals surface area contributed by atoms with Gasteiger partial charge in [-0.05, 0) is 31.4 Å². The number of amides is 1. The van der Waals surface area contributed by atoms with Gasteiger partial charge in [0, 0.05) is 24.7 Å². The summed E-state index contributed by atoms with van der Waals surface area (Å²) in [6, 6.07) is 18.1. The molecule has 1 saturated heterocycles. The van der Waals surface area contributed by atoms with Gasteiger partial charge in [-0.1, -0.05) is 48.5 Å². The van der Waals surface area contributed by atoms with Gasteiger partial charge in [0.15, 0.2) is 5.96 Å². The van der Waals surface area contributed by atoms with E-state index in [0.29, 0.717) is 38.8 Å². The number of nitrogens with one attached hydrogen (secondary N) is 1. The van der Waals surface area contributed by atoms with Crippen LogP contribution >= 0.6 is 0 Å². The highest BCUT2D eigenvalue weighted by Gasteiger charge is 2.23. The van der Waals surface area contributed by atoms with E-state index in [1.807, 2.05) is 61.5 Å². The van der Waals surface area contributed by atoms with E-state index in [1.165, 1.54) is 0 Å². The van der Waals surface area contributed by atoms with Gasteiger partial charge in [0.05, 0.1) is 13.2 Å². The lowest BCUT2D eigenvalue weighted by Crippen LogP contribution is -2.48. The Morgan fingerprint density at radius 1 is 1.13 bits per heavy atom. The van der Waals surface area contributed by atoms with E-state index in [1.54, 1.807) is 4.90 Å². The van der Waals surface area contributed by atoms with Crippen LogP contribution in [0.3, 0.4) is 0 Å². The van der Waals surface area contributed by atoms with E-state index in [4.69, 9.17) is 15.2 Å². The summed E-state index contributed by atoms with van der Waals surface area (Å²) in [6.07, 6.45) is 1.38. The molecule has 1 heterocycles. The Kier molecular flexibility index (Phi) is 7.94. The van der Waals surface area contributed by atoms with Crippen LogP contribution in [0.4, 0.5) is 4.79 Å². The number of carbonyl (C=O) groups excluding carboxylic acids is 1. The average Bonchev–Trinajstić information content (AvgIpc) is 2.78. The largest absolute Gasteiger partial charge is 0.489 e. The minimum atomic E-state index is -0.246. The number of carbonyl (C=O) groups is 1. The molecule has 0 aliphatic carbocycles. The van der Waals surface area contributed by atoms with Crippen LogP contribution in [0.1, 0.15) is 30.9 Å². The lowest BCUT2D eigenvalue weighted by Gasteiger charge is -2.31. The van der Waals surface area contributed by atoms with Crippen molar-refractivity contribution in [2.75, 3.05) is 19.7 Å². The Bertz CT molecular complexity index is 833. The van der Waals surface area contributed by atoms with Crippen molar-refractivity contribution < 1.29 is 14.3 Å². The van der Waals surface area contributed by atoms with E-state index in [-0.39, 0.29) is 12.1 Å². The summed E-state index contributed by atoms with van der Waals surface area (Å²) >= 11 is 0. The molecule has 0 unspecified atom stereocenters. The molecule has 0 bridgehead atoms. The van der Waals surface area contributed by atoms with E-state index in [0.717, 1.165) is 29.7 Å². The zero-order valence-electron chi connectivity index (χ0n) is 17.4. The van der Waals surface area contributed by atoms with Crippen LogP contribution in [-0.2, 0) is 17.9 Å². The number of benzene rings is 2. The summed E-state index contributed by atoms with van der Waals surface area (Å²) in [7, 11) is 0. The SMILES string of the molecule is CCOC(=O)N1CCC(NC(N)=NCc2ccccc2OCc2ccccc2)CC1. The normalized spacial score (nSPS) is 15.0. The van der Waals surface area contributed by atoms with Gasteiger partial charge in [0.1, 0.15) is 12.4 Å². The number of aliphatic imine (C=N–C) groups is 1. The molecule has 7 heteroatoms. The molecule has 0 aromatic heterocycles. The van der Waals surface area contributed by atoms with E-state index in [9.17, 15) is 4.79 Å². The monoisotopic (exact) mass is 410 g/mol. The Hall–Kier alpha value is -3.22. The molecule has 7 nitrogen and oxygen atoms in total. The fourth-order valence-electron chi connectivity index (χ4n) is 3.36. The molecule has 2 aromatic carbocycles. The van der Waals surface area contributed by atoms with Gasteiger partial charge in [-0.15, -0.1) is 0 Å². The van der Waals surface area contributed by atoms with Crippen LogP contribution in [0, 0.1) is 0 Å². The molecular weight excluding hydrogens is 380 g/mol. The number of piperidine rings is 1. The maximum atomic E-state index is 11.8. The Labute approximate surface area is 177 Å². The van der Waals surface area contributed by atoms with Crippen LogP contribution in [0.25, 0.3) is 0 Å². The van der Waals surface area contributed by atoms with Gasteiger partial charge >= 0.3 is 6.09 Å². The van der Waals surface area contributed by atoms with E-state index < -0.39 is 0 Å². The molecule has 0 saturated carbocycles. The molecule has 1 aliphatic heterocycles. The Balaban J connectivity index is 1.49. The summed E-state index contributed by atoms with van der Waals surface area (Å²) in [5.74, 6) is 1.21. The van der Waals surface area contributed by atoms with Crippen LogP contribution < -0.4 is 15.8 Å². The number of likely N-dealkylation sites (tertiary alicyclic amines) is 1. The summed E-state index contributed by atoms with van der Waals surface area (Å²) in [6.45, 7) is 4.46. The molecule has 0 spiro atoms. The number of hydrogen-bond acceptors (Lipinski definition) is 4. The molecule has 1 fully saturated rings. The molecule has 2 aromatic rings. The standard InChI is InChI=1S/C23H30N4O3/c1-2-29-23(28)27-14-12-20(13-15-27)26-22(24)25-16-19-10-6-7-11-21(19)30-17-18-8-4-3-5-9-18/h3-11,20H,2,12-17H2,1H3,(H3,24,25,26). The number of nitrogens with two attached hydrogens (primary N) is 1. The topological polar surface area (TPSA) is 89.2 Å². The Morgan fingerprint density at radius 3 is 2.57 bits per heavy atom. The second-order valence-corrected chi connectivity index (χ2v) is 7.19. The number of ether oxygens (including phenoxy) is 2. The van der Waals surface area contributed by atoms with Crippen LogP contribution in [0.2, 0.25) is 0 Å². The quantitative estimate of drug-likeness (QED) is 0.540. The van der Waals surface area contributed by atoms with Crippen LogP contribution in [0.15, 0.2) is 59.6 Å². The van der Waals surface area contributed by atoms with Crippen molar-refractivity contribution >= 4 is 12.1 Å². The first-order valence-electron chi connectivity index (χ1n) is 10.4. The second-order valence-electron chi connectivity index (χ2n) is 7.19. The van der Waals surface area contributed by atoms with Gasteiger partial charge < -0.3 is 25.4 Å². The first-order chi connectivity index (χ1) is 14.7. The lowest BCUT2D eigenvalue weighted by atomic mass is 10.1. The summed E-state index contributed by atoms with van der Waals surface area (Å²) in [5.41, 5.74) is 8.20. The average molecular weight is 411 g/mol. The number of guanidine groups is 1. The number of rotatable bonds is 7. The number of para-hydroxylation sites is 1. The third-order valence-electron chi connectivity index (χ3n) is 5.00. The molecule has 3 N–H and O–H groups in total. The number of nitrogens with zero attached hydrogens (tertiary/aromatic N) is 2. The summed E-state index contributed by atoms with van der Waals surface area (Å²) in [4.78, 5) is 18.0. The van der Waals surface area contributed by atoms with Gasteiger partial charge in [-0.2, -0.15) is 0 Å².